The first kappa shape index (κ1) is 14.8. The van der Waals surface area contributed by atoms with E-state index in [1.165, 1.54) is 12.8 Å². The third kappa shape index (κ3) is 5.26. The number of halogens is 2. The molecule has 1 aromatic carbocycles. The van der Waals surface area contributed by atoms with Crippen molar-refractivity contribution in [2.75, 3.05) is 19.6 Å². The van der Waals surface area contributed by atoms with E-state index in [0.29, 0.717) is 6.54 Å². The molecule has 0 saturated heterocycles. The third-order valence-corrected chi connectivity index (χ3v) is 3.28. The zero-order valence-electron chi connectivity index (χ0n) is 10.3. The van der Waals surface area contributed by atoms with Crippen LogP contribution < -0.4 is 5.73 Å². The van der Waals surface area contributed by atoms with Crippen molar-refractivity contribution in [1.82, 2.24) is 4.90 Å². The summed E-state index contributed by atoms with van der Waals surface area (Å²) in [4.78, 5) is 2.32. The fourth-order valence-electron chi connectivity index (χ4n) is 1.74. The summed E-state index contributed by atoms with van der Waals surface area (Å²) in [6.45, 7) is 5.62. The molecule has 0 spiro atoms. The van der Waals surface area contributed by atoms with Crippen molar-refractivity contribution in [3.63, 3.8) is 0 Å². The van der Waals surface area contributed by atoms with Gasteiger partial charge in [-0.1, -0.05) is 36.5 Å². The van der Waals surface area contributed by atoms with Gasteiger partial charge in [0, 0.05) is 29.7 Å². The van der Waals surface area contributed by atoms with Crippen LogP contribution in [0.3, 0.4) is 0 Å². The van der Waals surface area contributed by atoms with Gasteiger partial charge in [0.25, 0.3) is 0 Å². The van der Waals surface area contributed by atoms with Crippen LogP contribution >= 0.6 is 23.2 Å². The Kier molecular flexibility index (Phi) is 6.90. The second-order valence-corrected chi connectivity index (χ2v) is 5.00. The number of nitrogens with two attached hydrogens (primary N) is 1. The fourth-order valence-corrected chi connectivity index (χ4v) is 2.11. The van der Waals surface area contributed by atoms with Crippen molar-refractivity contribution in [3.8, 4) is 0 Å². The smallest absolute Gasteiger partial charge is 0.0452 e. The van der Waals surface area contributed by atoms with Crippen molar-refractivity contribution >= 4 is 23.2 Å². The molecule has 0 aliphatic heterocycles. The molecular weight excluding hydrogens is 255 g/mol. The van der Waals surface area contributed by atoms with Gasteiger partial charge < -0.3 is 5.73 Å². The molecule has 0 aromatic heterocycles. The minimum atomic E-state index is 0.669. The Bertz CT molecular complexity index is 342. The minimum absolute atomic E-state index is 0.669. The Morgan fingerprint density at radius 3 is 2.65 bits per heavy atom. The van der Waals surface area contributed by atoms with Crippen molar-refractivity contribution in [3.05, 3.63) is 33.8 Å². The summed E-state index contributed by atoms with van der Waals surface area (Å²) in [5.74, 6) is 0. The molecule has 0 unspecified atom stereocenters. The van der Waals surface area contributed by atoms with Crippen LogP contribution in [0.5, 0.6) is 0 Å². The summed E-state index contributed by atoms with van der Waals surface area (Å²) in [6.07, 6.45) is 2.36. The highest BCUT2D eigenvalue weighted by Gasteiger charge is 2.08. The Hall–Kier alpha value is -0.280. The van der Waals surface area contributed by atoms with Crippen molar-refractivity contribution in [2.45, 2.75) is 26.3 Å². The summed E-state index contributed by atoms with van der Waals surface area (Å²) in [5, 5.41) is 1.50. The van der Waals surface area contributed by atoms with Crippen LogP contribution in [0.4, 0.5) is 0 Å². The maximum Gasteiger partial charge on any atom is 0.0452 e. The molecule has 1 aromatic rings. The number of unbranched alkanes of at least 4 members (excludes halogenated alkanes) is 1. The van der Waals surface area contributed by atoms with Crippen molar-refractivity contribution in [1.29, 1.82) is 0 Å². The summed E-state index contributed by atoms with van der Waals surface area (Å²) >= 11 is 12.1. The molecule has 0 fully saturated rings. The maximum atomic E-state index is 6.16. The quantitative estimate of drug-likeness (QED) is 0.824. The van der Waals surface area contributed by atoms with E-state index < -0.39 is 0 Å². The van der Waals surface area contributed by atoms with Crippen LogP contribution in [0.15, 0.2) is 18.2 Å². The number of benzene rings is 1. The summed E-state index contributed by atoms with van der Waals surface area (Å²) in [6, 6.07) is 5.59. The molecule has 1 rings (SSSR count). The van der Waals surface area contributed by atoms with E-state index in [1.54, 1.807) is 0 Å². The van der Waals surface area contributed by atoms with Crippen molar-refractivity contribution in [2.24, 2.45) is 5.73 Å². The zero-order valence-corrected chi connectivity index (χ0v) is 11.8. The summed E-state index contributed by atoms with van der Waals surface area (Å²) < 4.78 is 0. The van der Waals surface area contributed by atoms with Crippen LogP contribution in [0.1, 0.15) is 25.3 Å². The molecule has 2 N–H and O–H groups in total. The first-order valence-electron chi connectivity index (χ1n) is 6.03. The Morgan fingerprint density at radius 1 is 1.24 bits per heavy atom. The number of hydrogen-bond acceptors (Lipinski definition) is 2. The highest BCUT2D eigenvalue weighted by atomic mass is 35.5. The topological polar surface area (TPSA) is 29.3 Å². The largest absolute Gasteiger partial charge is 0.329 e. The molecular formula is C13H20Cl2N2. The second kappa shape index (κ2) is 7.93. The highest BCUT2D eigenvalue weighted by molar-refractivity contribution is 6.33. The van der Waals surface area contributed by atoms with Gasteiger partial charge in [0.1, 0.15) is 0 Å². The normalized spacial score (nSPS) is 11.1. The van der Waals surface area contributed by atoms with Crippen LogP contribution in [-0.4, -0.2) is 24.5 Å². The number of hydrogen-bond donors (Lipinski definition) is 1. The lowest BCUT2D eigenvalue weighted by atomic mass is 10.2. The van der Waals surface area contributed by atoms with E-state index in [9.17, 15) is 0 Å². The van der Waals surface area contributed by atoms with Crippen molar-refractivity contribution < 1.29 is 0 Å². The Labute approximate surface area is 114 Å². The standard InChI is InChI=1S/C13H20Cl2N2/c1-2-3-7-17(8-6-16)10-11-9-12(14)4-5-13(11)15/h4-5,9H,2-3,6-8,10,16H2,1H3. The lowest BCUT2D eigenvalue weighted by molar-refractivity contribution is 0.268. The molecule has 0 aliphatic carbocycles. The van der Waals surface area contributed by atoms with Crippen LogP contribution in [0.25, 0.3) is 0 Å². The van der Waals surface area contributed by atoms with E-state index in [-0.39, 0.29) is 0 Å². The molecule has 0 amide bonds. The molecule has 0 heterocycles. The summed E-state index contributed by atoms with van der Waals surface area (Å²) in [7, 11) is 0. The molecule has 0 bridgehead atoms. The van der Waals surface area contributed by atoms with E-state index in [4.69, 9.17) is 28.9 Å². The SMILES string of the molecule is CCCCN(CCN)Cc1cc(Cl)ccc1Cl. The Morgan fingerprint density at radius 2 is 2.00 bits per heavy atom. The number of nitrogens with zero attached hydrogens (tertiary/aromatic N) is 1. The van der Waals surface area contributed by atoms with E-state index in [1.807, 2.05) is 18.2 Å². The predicted octanol–water partition coefficient (Wildman–Crippen LogP) is 3.55. The minimum Gasteiger partial charge on any atom is -0.329 e. The molecule has 2 nitrogen and oxygen atoms in total. The Balaban J connectivity index is 2.67. The first-order chi connectivity index (χ1) is 8.17. The number of rotatable bonds is 7. The van der Waals surface area contributed by atoms with Gasteiger partial charge in [-0.2, -0.15) is 0 Å². The van der Waals surface area contributed by atoms with E-state index in [0.717, 1.165) is 35.2 Å². The van der Waals surface area contributed by atoms with Gasteiger partial charge in [-0.3, -0.25) is 4.90 Å². The lowest BCUT2D eigenvalue weighted by Crippen LogP contribution is -2.30. The highest BCUT2D eigenvalue weighted by Crippen LogP contribution is 2.22. The molecule has 0 saturated carbocycles. The first-order valence-corrected chi connectivity index (χ1v) is 6.79. The van der Waals surface area contributed by atoms with Crippen LogP contribution in [-0.2, 0) is 6.54 Å². The summed E-state index contributed by atoms with van der Waals surface area (Å²) in [5.41, 5.74) is 6.69. The van der Waals surface area contributed by atoms with Gasteiger partial charge >= 0.3 is 0 Å². The molecule has 0 atom stereocenters. The van der Waals surface area contributed by atoms with E-state index in [2.05, 4.69) is 11.8 Å². The molecule has 96 valence electrons. The molecule has 4 heteroatoms. The van der Waals surface area contributed by atoms with Gasteiger partial charge in [-0.15, -0.1) is 0 Å². The van der Waals surface area contributed by atoms with E-state index >= 15 is 0 Å². The lowest BCUT2D eigenvalue weighted by Gasteiger charge is -2.22. The van der Waals surface area contributed by atoms with Gasteiger partial charge in [0.15, 0.2) is 0 Å². The average Bonchev–Trinajstić information content (AvgIpc) is 2.31. The average molecular weight is 275 g/mol. The molecule has 0 radical (unpaired) electrons. The monoisotopic (exact) mass is 274 g/mol. The van der Waals surface area contributed by atoms with Gasteiger partial charge in [-0.05, 0) is 36.7 Å². The third-order valence-electron chi connectivity index (χ3n) is 2.67. The molecule has 0 aliphatic rings. The maximum absolute atomic E-state index is 6.16. The fraction of sp³-hybridized carbons (Fsp3) is 0.538. The molecule has 17 heavy (non-hydrogen) atoms. The van der Waals surface area contributed by atoms with Crippen LogP contribution in [0, 0.1) is 0 Å². The van der Waals surface area contributed by atoms with Gasteiger partial charge in [0.05, 0.1) is 0 Å². The van der Waals surface area contributed by atoms with Crippen LogP contribution in [0.2, 0.25) is 10.0 Å². The van der Waals surface area contributed by atoms with Gasteiger partial charge in [-0.25, -0.2) is 0 Å². The second-order valence-electron chi connectivity index (χ2n) is 4.15. The predicted molar refractivity (Wildman–Crippen MR) is 75.7 cm³/mol. The zero-order chi connectivity index (χ0) is 12.7. The van der Waals surface area contributed by atoms with Gasteiger partial charge in [0.2, 0.25) is 0 Å².